The van der Waals surface area contributed by atoms with Crippen molar-refractivity contribution in [2.24, 2.45) is 5.92 Å². The number of likely N-dealkylation sites (tertiary alicyclic amines) is 1. The molecule has 36 heavy (non-hydrogen) atoms. The molecule has 0 unspecified atom stereocenters. The highest BCUT2D eigenvalue weighted by atomic mass is 32.1. The Labute approximate surface area is 212 Å². The highest BCUT2D eigenvalue weighted by molar-refractivity contribution is 7.18. The molecule has 0 saturated carbocycles. The minimum Gasteiger partial charge on any atom is -0.481 e. The van der Waals surface area contributed by atoms with Gasteiger partial charge < -0.3 is 10.0 Å². The number of unbranched alkanes of at least 4 members (excludes halogenated alkanes) is 1. The van der Waals surface area contributed by atoms with Crippen molar-refractivity contribution in [3.8, 4) is 10.6 Å². The number of amides is 2. The second-order valence-corrected chi connectivity index (χ2v) is 9.87. The van der Waals surface area contributed by atoms with Crippen molar-refractivity contribution in [3.05, 3.63) is 64.5 Å². The predicted molar refractivity (Wildman–Crippen MR) is 135 cm³/mol. The molecule has 8 nitrogen and oxygen atoms in total. The van der Waals surface area contributed by atoms with Gasteiger partial charge >= 0.3 is 5.97 Å². The van der Waals surface area contributed by atoms with Crippen molar-refractivity contribution in [1.82, 2.24) is 15.1 Å². The molecule has 10 heteroatoms. The predicted octanol–water partition coefficient (Wildman–Crippen LogP) is 4.56. The van der Waals surface area contributed by atoms with Crippen LogP contribution in [0.3, 0.4) is 0 Å². The Balaban J connectivity index is 1.59. The van der Waals surface area contributed by atoms with E-state index in [-0.39, 0.29) is 24.6 Å². The largest absolute Gasteiger partial charge is 0.481 e. The molecule has 0 bridgehead atoms. The van der Waals surface area contributed by atoms with Crippen molar-refractivity contribution in [2.75, 3.05) is 24.5 Å². The first-order valence-corrected chi connectivity index (χ1v) is 12.6. The average Bonchev–Trinajstić information content (AvgIpc) is 3.28. The number of carboxylic acids is 1. The van der Waals surface area contributed by atoms with Crippen LogP contribution in [0.5, 0.6) is 0 Å². The van der Waals surface area contributed by atoms with Gasteiger partial charge in [0.2, 0.25) is 5.13 Å². The minimum absolute atomic E-state index is 0.0176. The maximum absolute atomic E-state index is 14.3. The van der Waals surface area contributed by atoms with E-state index >= 15 is 0 Å². The first kappa shape index (κ1) is 25.4. The van der Waals surface area contributed by atoms with Crippen LogP contribution in [0.25, 0.3) is 10.6 Å². The van der Waals surface area contributed by atoms with E-state index < -0.39 is 23.6 Å². The summed E-state index contributed by atoms with van der Waals surface area (Å²) >= 11 is 1.23. The summed E-state index contributed by atoms with van der Waals surface area (Å²) in [7, 11) is 0. The van der Waals surface area contributed by atoms with Gasteiger partial charge in [-0.05, 0) is 55.7 Å². The third kappa shape index (κ3) is 4.99. The molecule has 0 spiro atoms. The Morgan fingerprint density at radius 1 is 1.14 bits per heavy atom. The molecule has 188 valence electrons. The number of rotatable bonds is 8. The molecule has 1 aromatic heterocycles. The van der Waals surface area contributed by atoms with Gasteiger partial charge in [0.25, 0.3) is 11.8 Å². The van der Waals surface area contributed by atoms with Crippen LogP contribution >= 0.6 is 11.3 Å². The van der Waals surface area contributed by atoms with Crippen molar-refractivity contribution in [3.63, 3.8) is 0 Å². The van der Waals surface area contributed by atoms with E-state index in [0.29, 0.717) is 22.2 Å². The van der Waals surface area contributed by atoms with Crippen LogP contribution in [0.2, 0.25) is 0 Å². The molecule has 1 N–H and O–H groups in total. The molecule has 2 heterocycles. The van der Waals surface area contributed by atoms with Gasteiger partial charge in [-0.1, -0.05) is 36.8 Å². The fourth-order valence-corrected chi connectivity index (χ4v) is 5.06. The SMILES string of the molecule is CCCCN(C(=O)c1ccccc1F)c1nnc(-c2cc(C)c(C(=O)N3CC(C(=O)O)C3)c(C)c2)s1. The second-order valence-electron chi connectivity index (χ2n) is 8.91. The second kappa shape index (κ2) is 10.5. The van der Waals surface area contributed by atoms with Crippen LogP contribution in [-0.4, -0.2) is 57.6 Å². The fraction of sp³-hybridized carbons (Fsp3) is 0.346. The van der Waals surface area contributed by atoms with Crippen molar-refractivity contribution >= 4 is 34.3 Å². The number of anilines is 1. The number of hydrogen-bond donors (Lipinski definition) is 1. The van der Waals surface area contributed by atoms with Crippen LogP contribution < -0.4 is 4.90 Å². The van der Waals surface area contributed by atoms with Crippen molar-refractivity contribution in [1.29, 1.82) is 0 Å². The summed E-state index contributed by atoms with van der Waals surface area (Å²) in [5.41, 5.74) is 2.78. The number of carbonyl (C=O) groups is 3. The highest BCUT2D eigenvalue weighted by Gasteiger charge is 2.37. The van der Waals surface area contributed by atoms with Gasteiger partial charge in [0.1, 0.15) is 10.8 Å². The number of hydrogen-bond acceptors (Lipinski definition) is 6. The van der Waals surface area contributed by atoms with E-state index in [1.165, 1.54) is 39.3 Å². The maximum atomic E-state index is 14.3. The molecular formula is C26H27FN4O4S. The first-order chi connectivity index (χ1) is 17.2. The summed E-state index contributed by atoms with van der Waals surface area (Å²) in [6, 6.07) is 9.56. The Kier molecular flexibility index (Phi) is 7.44. The Morgan fingerprint density at radius 2 is 1.81 bits per heavy atom. The monoisotopic (exact) mass is 510 g/mol. The molecule has 0 radical (unpaired) electrons. The summed E-state index contributed by atoms with van der Waals surface area (Å²) in [5, 5.41) is 18.6. The molecule has 1 aliphatic heterocycles. The van der Waals surface area contributed by atoms with Crippen molar-refractivity contribution < 1.29 is 23.9 Å². The van der Waals surface area contributed by atoms with Crippen molar-refractivity contribution in [2.45, 2.75) is 33.6 Å². The number of carbonyl (C=O) groups excluding carboxylic acids is 2. The van der Waals surface area contributed by atoms with E-state index in [9.17, 15) is 18.8 Å². The van der Waals surface area contributed by atoms with Gasteiger partial charge in [0, 0.05) is 30.8 Å². The lowest BCUT2D eigenvalue weighted by molar-refractivity contribution is -0.146. The summed E-state index contributed by atoms with van der Waals surface area (Å²) in [5.74, 6) is -2.65. The molecule has 3 aromatic rings. The average molecular weight is 511 g/mol. The van der Waals surface area contributed by atoms with Gasteiger partial charge in [-0.15, -0.1) is 10.2 Å². The first-order valence-electron chi connectivity index (χ1n) is 11.7. The number of aliphatic carboxylic acids is 1. The van der Waals surface area contributed by atoms with E-state index in [1.807, 2.05) is 32.9 Å². The van der Waals surface area contributed by atoms with Crippen LogP contribution in [0, 0.1) is 25.6 Å². The molecule has 0 atom stereocenters. The summed E-state index contributed by atoms with van der Waals surface area (Å²) in [4.78, 5) is 40.2. The molecule has 1 fully saturated rings. The topological polar surface area (TPSA) is 104 Å². The number of aromatic nitrogens is 2. The quantitative estimate of drug-likeness (QED) is 0.476. The van der Waals surface area contributed by atoms with Gasteiger partial charge in [0.15, 0.2) is 0 Å². The molecule has 1 aliphatic rings. The molecule has 0 aliphatic carbocycles. The summed E-state index contributed by atoms with van der Waals surface area (Å²) in [6.45, 7) is 6.46. The maximum Gasteiger partial charge on any atom is 0.310 e. The number of aryl methyl sites for hydroxylation is 2. The molecule has 2 aromatic carbocycles. The number of nitrogens with zero attached hydrogens (tertiary/aromatic N) is 4. The fourth-order valence-electron chi connectivity index (χ4n) is 4.20. The Hall–Kier alpha value is -3.66. The van der Waals surface area contributed by atoms with E-state index in [4.69, 9.17) is 5.11 Å². The number of benzene rings is 2. The lowest BCUT2D eigenvalue weighted by Crippen LogP contribution is -2.53. The van der Waals surface area contributed by atoms with Gasteiger partial charge in [-0.3, -0.25) is 19.3 Å². The van der Waals surface area contributed by atoms with E-state index in [1.54, 1.807) is 6.07 Å². The highest BCUT2D eigenvalue weighted by Crippen LogP contribution is 2.33. The zero-order chi connectivity index (χ0) is 26.0. The summed E-state index contributed by atoms with van der Waals surface area (Å²) in [6.07, 6.45) is 1.58. The number of halogens is 1. The summed E-state index contributed by atoms with van der Waals surface area (Å²) < 4.78 is 14.3. The van der Waals surface area contributed by atoms with Gasteiger partial charge in [0.05, 0.1) is 11.5 Å². The van der Waals surface area contributed by atoms with Crippen LogP contribution in [-0.2, 0) is 4.79 Å². The normalized spacial score (nSPS) is 13.4. The number of carboxylic acid groups (broad SMARTS) is 1. The minimum atomic E-state index is -0.892. The Morgan fingerprint density at radius 3 is 2.42 bits per heavy atom. The lowest BCUT2D eigenvalue weighted by atomic mass is 9.94. The van der Waals surface area contributed by atoms with Gasteiger partial charge in [-0.2, -0.15) is 0 Å². The van der Waals surface area contributed by atoms with Crippen LogP contribution in [0.1, 0.15) is 51.6 Å². The zero-order valence-corrected chi connectivity index (χ0v) is 21.1. The standard InChI is InChI=1S/C26H27FN4O4S/c1-4-5-10-31(23(32)19-8-6-7-9-20(19)27)26-29-28-22(36-26)17-11-15(2)21(16(3)12-17)24(33)30-13-18(14-30)25(34)35/h6-9,11-12,18H,4-5,10,13-14H2,1-3H3,(H,34,35). The third-order valence-corrected chi connectivity index (χ3v) is 7.24. The zero-order valence-electron chi connectivity index (χ0n) is 20.3. The van der Waals surface area contributed by atoms with Crippen LogP contribution in [0.15, 0.2) is 36.4 Å². The Bertz CT molecular complexity index is 1300. The smallest absolute Gasteiger partial charge is 0.310 e. The molecule has 4 rings (SSSR count). The van der Waals surface area contributed by atoms with Crippen LogP contribution in [0.4, 0.5) is 9.52 Å². The molecular weight excluding hydrogens is 483 g/mol. The van der Waals surface area contributed by atoms with Gasteiger partial charge in [-0.25, -0.2) is 4.39 Å². The van der Waals surface area contributed by atoms with E-state index in [0.717, 1.165) is 29.5 Å². The van der Waals surface area contributed by atoms with E-state index in [2.05, 4.69) is 10.2 Å². The lowest BCUT2D eigenvalue weighted by Gasteiger charge is -2.37. The third-order valence-electron chi connectivity index (χ3n) is 6.24. The molecule has 2 amide bonds. The molecule has 1 saturated heterocycles.